The zero-order valence-corrected chi connectivity index (χ0v) is 17.1. The molecule has 0 unspecified atom stereocenters. The molecule has 2 aromatic carbocycles. The van der Waals surface area contributed by atoms with Crippen LogP contribution in [-0.2, 0) is 4.74 Å². The summed E-state index contributed by atoms with van der Waals surface area (Å²) in [6.45, 7) is 0. The van der Waals surface area contributed by atoms with Gasteiger partial charge in [0, 0.05) is 10.6 Å². The SMILES string of the molecule is COC(=O)c1cc(-c2ccccc2)sc1NC(=S)Nc1ccc(OC(F)(F)F)cc1. The lowest BCUT2D eigenvalue weighted by Gasteiger charge is -2.12. The fourth-order valence-electron chi connectivity index (χ4n) is 2.50. The highest BCUT2D eigenvalue weighted by Crippen LogP contribution is 2.36. The molecule has 3 aromatic rings. The number of methoxy groups -OCH3 is 1. The number of rotatable bonds is 5. The molecular formula is C20H15F3N2O3S2. The van der Waals surface area contributed by atoms with E-state index < -0.39 is 12.3 Å². The number of esters is 1. The maximum absolute atomic E-state index is 12.2. The maximum Gasteiger partial charge on any atom is 0.573 e. The molecule has 1 aromatic heterocycles. The van der Waals surface area contributed by atoms with Gasteiger partial charge in [0.1, 0.15) is 10.8 Å². The fourth-order valence-corrected chi connectivity index (χ4v) is 3.84. The standard InChI is InChI=1S/C20H15F3N2O3S2/c1-27-18(26)15-11-16(12-5-3-2-4-6-12)30-17(15)25-19(29)24-13-7-9-14(10-8-13)28-20(21,22)23/h2-11H,1H3,(H2,24,25,29). The summed E-state index contributed by atoms with van der Waals surface area (Å²) in [4.78, 5) is 13.0. The van der Waals surface area contributed by atoms with Crippen LogP contribution in [0.5, 0.6) is 5.75 Å². The molecule has 30 heavy (non-hydrogen) atoms. The third-order valence-electron chi connectivity index (χ3n) is 3.77. The topological polar surface area (TPSA) is 59.6 Å². The molecule has 0 aliphatic carbocycles. The van der Waals surface area contributed by atoms with Crippen molar-refractivity contribution in [2.24, 2.45) is 0 Å². The van der Waals surface area contributed by atoms with Crippen molar-refractivity contribution in [3.8, 4) is 16.2 Å². The largest absolute Gasteiger partial charge is 0.573 e. The molecule has 2 N–H and O–H groups in total. The molecule has 10 heteroatoms. The number of benzene rings is 2. The number of nitrogens with one attached hydrogen (secondary N) is 2. The van der Waals surface area contributed by atoms with Crippen molar-refractivity contribution in [2.45, 2.75) is 6.36 Å². The van der Waals surface area contributed by atoms with Gasteiger partial charge in [-0.05, 0) is 48.1 Å². The van der Waals surface area contributed by atoms with Crippen molar-refractivity contribution >= 4 is 45.3 Å². The van der Waals surface area contributed by atoms with E-state index in [1.807, 2.05) is 30.3 Å². The first kappa shape index (κ1) is 21.6. The van der Waals surface area contributed by atoms with Crippen molar-refractivity contribution in [1.82, 2.24) is 0 Å². The molecule has 3 rings (SSSR count). The van der Waals surface area contributed by atoms with Crippen LogP contribution in [0, 0.1) is 0 Å². The number of ether oxygens (including phenoxy) is 2. The Labute approximate surface area is 179 Å². The highest BCUT2D eigenvalue weighted by molar-refractivity contribution is 7.80. The number of hydrogen-bond acceptors (Lipinski definition) is 5. The third-order valence-corrected chi connectivity index (χ3v) is 5.07. The second-order valence-corrected chi connectivity index (χ2v) is 7.32. The molecule has 0 saturated carbocycles. The molecule has 0 fully saturated rings. The summed E-state index contributed by atoms with van der Waals surface area (Å²) in [5, 5.41) is 6.44. The first-order valence-electron chi connectivity index (χ1n) is 8.46. The summed E-state index contributed by atoms with van der Waals surface area (Å²) in [6.07, 6.45) is -4.76. The Hall–Kier alpha value is -3.11. The third kappa shape index (κ3) is 5.71. The summed E-state index contributed by atoms with van der Waals surface area (Å²) in [5.74, 6) is -0.863. The smallest absolute Gasteiger partial charge is 0.465 e. The Morgan fingerprint density at radius 1 is 1.03 bits per heavy atom. The van der Waals surface area contributed by atoms with Gasteiger partial charge in [0.25, 0.3) is 0 Å². The number of hydrogen-bond donors (Lipinski definition) is 2. The van der Waals surface area contributed by atoms with Gasteiger partial charge in [-0.1, -0.05) is 30.3 Å². The molecule has 5 nitrogen and oxygen atoms in total. The lowest BCUT2D eigenvalue weighted by molar-refractivity contribution is -0.274. The van der Waals surface area contributed by atoms with Crippen molar-refractivity contribution in [2.75, 3.05) is 17.7 Å². The van der Waals surface area contributed by atoms with Crippen LogP contribution in [0.3, 0.4) is 0 Å². The zero-order valence-electron chi connectivity index (χ0n) is 15.4. The van der Waals surface area contributed by atoms with E-state index in [1.165, 1.54) is 30.6 Å². The van der Waals surface area contributed by atoms with Crippen LogP contribution in [0.1, 0.15) is 10.4 Å². The summed E-state index contributed by atoms with van der Waals surface area (Å²) in [6, 6.07) is 16.3. The van der Waals surface area contributed by atoms with Gasteiger partial charge in [0.05, 0.1) is 12.7 Å². The fraction of sp³-hybridized carbons (Fsp3) is 0.100. The average molecular weight is 452 g/mol. The van der Waals surface area contributed by atoms with Crippen LogP contribution in [0.15, 0.2) is 60.7 Å². The maximum atomic E-state index is 12.2. The molecule has 0 aliphatic rings. The molecule has 1 heterocycles. The number of carbonyl (C=O) groups excluding carboxylic acids is 1. The summed E-state index contributed by atoms with van der Waals surface area (Å²) in [5.41, 5.74) is 1.70. The van der Waals surface area contributed by atoms with Gasteiger partial charge < -0.3 is 20.1 Å². The van der Waals surface area contributed by atoms with Crippen LogP contribution < -0.4 is 15.4 Å². The average Bonchev–Trinajstić information content (AvgIpc) is 3.12. The van der Waals surface area contributed by atoms with Gasteiger partial charge in [-0.3, -0.25) is 0 Å². The van der Waals surface area contributed by atoms with Gasteiger partial charge in [-0.2, -0.15) is 0 Å². The van der Waals surface area contributed by atoms with Crippen LogP contribution in [0.2, 0.25) is 0 Å². The van der Waals surface area contributed by atoms with Crippen molar-refractivity contribution < 1.29 is 27.4 Å². The highest BCUT2D eigenvalue weighted by atomic mass is 32.1. The zero-order chi connectivity index (χ0) is 21.7. The van der Waals surface area contributed by atoms with Crippen LogP contribution >= 0.6 is 23.6 Å². The molecule has 0 atom stereocenters. The Bertz CT molecular complexity index is 1040. The van der Waals surface area contributed by atoms with Crippen molar-refractivity contribution in [3.05, 3.63) is 66.2 Å². The number of anilines is 2. The predicted octanol–water partition coefficient (Wildman–Crippen LogP) is 5.91. The molecule has 156 valence electrons. The van der Waals surface area contributed by atoms with E-state index in [4.69, 9.17) is 17.0 Å². The Morgan fingerprint density at radius 2 is 1.70 bits per heavy atom. The minimum atomic E-state index is -4.76. The van der Waals surface area contributed by atoms with E-state index in [2.05, 4.69) is 15.4 Å². The number of thiocarbonyl (C=S) groups is 1. The second kappa shape index (κ2) is 9.14. The summed E-state index contributed by atoms with van der Waals surface area (Å²) >= 11 is 6.59. The number of halogens is 3. The lowest BCUT2D eigenvalue weighted by atomic mass is 10.1. The van der Waals surface area contributed by atoms with E-state index >= 15 is 0 Å². The molecule has 0 saturated heterocycles. The van der Waals surface area contributed by atoms with Crippen molar-refractivity contribution in [1.29, 1.82) is 0 Å². The molecular weight excluding hydrogens is 437 g/mol. The van der Waals surface area contributed by atoms with Crippen LogP contribution in [-0.4, -0.2) is 24.6 Å². The molecule has 0 spiro atoms. The van der Waals surface area contributed by atoms with Crippen molar-refractivity contribution in [3.63, 3.8) is 0 Å². The van der Waals surface area contributed by atoms with Gasteiger partial charge >= 0.3 is 12.3 Å². The van der Waals surface area contributed by atoms with Gasteiger partial charge in [-0.25, -0.2) is 4.79 Å². The molecule has 0 amide bonds. The van der Waals surface area contributed by atoms with Gasteiger partial charge in [-0.15, -0.1) is 24.5 Å². The van der Waals surface area contributed by atoms with Crippen LogP contribution in [0.25, 0.3) is 10.4 Å². The van der Waals surface area contributed by atoms with Gasteiger partial charge in [0.2, 0.25) is 0 Å². The van der Waals surface area contributed by atoms with E-state index in [0.717, 1.165) is 22.6 Å². The highest BCUT2D eigenvalue weighted by Gasteiger charge is 2.31. The van der Waals surface area contributed by atoms with E-state index in [0.29, 0.717) is 16.3 Å². The number of alkyl halides is 3. The van der Waals surface area contributed by atoms with Crippen LogP contribution in [0.4, 0.5) is 23.9 Å². The minimum Gasteiger partial charge on any atom is -0.465 e. The Balaban J connectivity index is 1.74. The van der Waals surface area contributed by atoms with E-state index in [9.17, 15) is 18.0 Å². The summed E-state index contributed by atoms with van der Waals surface area (Å²) < 4.78 is 45.4. The molecule has 0 aliphatic heterocycles. The van der Waals surface area contributed by atoms with E-state index in [1.54, 1.807) is 6.07 Å². The van der Waals surface area contributed by atoms with E-state index in [-0.39, 0.29) is 10.9 Å². The number of thiophene rings is 1. The molecule has 0 radical (unpaired) electrons. The minimum absolute atomic E-state index is 0.158. The Morgan fingerprint density at radius 3 is 2.30 bits per heavy atom. The molecule has 0 bridgehead atoms. The first-order valence-corrected chi connectivity index (χ1v) is 9.69. The Kier molecular flexibility index (Phi) is 6.58. The monoisotopic (exact) mass is 452 g/mol. The summed E-state index contributed by atoms with van der Waals surface area (Å²) in [7, 11) is 1.28. The number of carbonyl (C=O) groups is 1. The quantitative estimate of drug-likeness (QED) is 0.371. The van der Waals surface area contributed by atoms with Gasteiger partial charge in [0.15, 0.2) is 5.11 Å². The first-order chi connectivity index (χ1) is 14.2. The lowest BCUT2D eigenvalue weighted by Crippen LogP contribution is -2.20. The normalized spacial score (nSPS) is 10.9. The second-order valence-electron chi connectivity index (χ2n) is 5.86. The predicted molar refractivity (Wildman–Crippen MR) is 114 cm³/mol.